The van der Waals surface area contributed by atoms with Gasteiger partial charge < -0.3 is 9.84 Å². The van der Waals surface area contributed by atoms with Gasteiger partial charge in [0, 0.05) is 11.4 Å². The van der Waals surface area contributed by atoms with Crippen LogP contribution in [0.15, 0.2) is 76.4 Å². The molecule has 1 heterocycles. The van der Waals surface area contributed by atoms with Crippen molar-refractivity contribution in [3.05, 3.63) is 82.6 Å². The summed E-state index contributed by atoms with van der Waals surface area (Å²) in [5.41, 5.74) is 3.52. The van der Waals surface area contributed by atoms with Crippen molar-refractivity contribution >= 4 is 28.6 Å². The molecule has 1 aromatic heterocycles. The first-order valence-electron chi connectivity index (χ1n) is 10.4. The molecule has 4 rings (SSSR count). The third kappa shape index (κ3) is 5.23. The second-order valence-corrected chi connectivity index (χ2v) is 8.90. The molecule has 1 N–H and O–H groups in total. The fourth-order valence-corrected chi connectivity index (χ4v) is 4.38. The summed E-state index contributed by atoms with van der Waals surface area (Å²) in [6.07, 6.45) is 0.226. The number of aliphatic carboxylic acids is 1. The molecule has 4 aromatic rings. The van der Waals surface area contributed by atoms with E-state index >= 15 is 0 Å². The standard InChI is InChI=1S/C25H23N3O4S/c1-16-3-5-17(6-4-16)18-7-10-20(11-8-18)33-23(25(30)31)13-14-28-24(29)21-15-19(32-2)9-12-22(21)26-27-28/h3-12,15,23H,13-14H2,1-2H3,(H,30,31). The van der Waals surface area contributed by atoms with Crippen LogP contribution in [-0.2, 0) is 11.3 Å². The molecule has 0 aliphatic carbocycles. The van der Waals surface area contributed by atoms with Crippen molar-refractivity contribution in [3.8, 4) is 16.9 Å². The molecular weight excluding hydrogens is 438 g/mol. The average Bonchev–Trinajstić information content (AvgIpc) is 2.83. The lowest BCUT2D eigenvalue weighted by molar-refractivity contribution is -0.136. The SMILES string of the molecule is COc1ccc2nnn(CCC(Sc3ccc(-c4ccc(C)cc4)cc3)C(=O)O)c(=O)c2c1. The minimum Gasteiger partial charge on any atom is -0.497 e. The Hall–Kier alpha value is -3.65. The van der Waals surface area contributed by atoms with Gasteiger partial charge in [-0.05, 0) is 54.8 Å². The van der Waals surface area contributed by atoms with Gasteiger partial charge in [-0.2, -0.15) is 0 Å². The Morgan fingerprint density at radius 2 is 1.73 bits per heavy atom. The molecule has 0 spiro atoms. The number of aromatic nitrogens is 3. The van der Waals surface area contributed by atoms with Gasteiger partial charge in [-0.3, -0.25) is 9.59 Å². The molecule has 33 heavy (non-hydrogen) atoms. The summed E-state index contributed by atoms with van der Waals surface area (Å²) in [7, 11) is 1.52. The van der Waals surface area contributed by atoms with Crippen molar-refractivity contribution in [2.45, 2.75) is 30.0 Å². The van der Waals surface area contributed by atoms with E-state index in [1.807, 2.05) is 31.2 Å². The second-order valence-electron chi connectivity index (χ2n) is 7.62. The number of methoxy groups -OCH3 is 1. The van der Waals surface area contributed by atoms with Gasteiger partial charge >= 0.3 is 5.97 Å². The first-order valence-corrected chi connectivity index (χ1v) is 11.3. The third-order valence-electron chi connectivity index (χ3n) is 5.33. The molecule has 0 fully saturated rings. The van der Waals surface area contributed by atoms with Crippen LogP contribution in [0.3, 0.4) is 0 Å². The zero-order chi connectivity index (χ0) is 23.4. The number of ether oxygens (including phenoxy) is 1. The van der Waals surface area contributed by atoms with Crippen LogP contribution in [0.25, 0.3) is 22.0 Å². The highest BCUT2D eigenvalue weighted by molar-refractivity contribution is 8.00. The van der Waals surface area contributed by atoms with Gasteiger partial charge in [0.15, 0.2) is 0 Å². The van der Waals surface area contributed by atoms with Crippen LogP contribution in [0.1, 0.15) is 12.0 Å². The fourth-order valence-electron chi connectivity index (χ4n) is 3.44. The highest BCUT2D eigenvalue weighted by Gasteiger charge is 2.20. The zero-order valence-corrected chi connectivity index (χ0v) is 19.1. The smallest absolute Gasteiger partial charge is 0.317 e. The molecule has 0 radical (unpaired) electrons. The van der Waals surface area contributed by atoms with E-state index in [1.54, 1.807) is 18.2 Å². The summed E-state index contributed by atoms with van der Waals surface area (Å²) in [6, 6.07) is 21.1. The number of carboxylic acid groups (broad SMARTS) is 1. The molecular formula is C25H23N3O4S. The summed E-state index contributed by atoms with van der Waals surface area (Å²) < 4.78 is 6.38. The Kier molecular flexibility index (Phi) is 6.74. The van der Waals surface area contributed by atoms with Gasteiger partial charge in [-0.25, -0.2) is 4.68 Å². The van der Waals surface area contributed by atoms with Gasteiger partial charge in [0.05, 0.1) is 12.5 Å². The van der Waals surface area contributed by atoms with Gasteiger partial charge in [0.25, 0.3) is 5.56 Å². The summed E-state index contributed by atoms with van der Waals surface area (Å²) in [6.45, 7) is 2.19. The first kappa shape index (κ1) is 22.5. The number of aryl methyl sites for hydroxylation is 2. The molecule has 0 aliphatic rings. The quantitative estimate of drug-likeness (QED) is 0.388. The summed E-state index contributed by atoms with van der Waals surface area (Å²) in [5, 5.41) is 17.4. The van der Waals surface area contributed by atoms with Crippen LogP contribution < -0.4 is 10.3 Å². The number of thioether (sulfide) groups is 1. The van der Waals surface area contributed by atoms with Crippen LogP contribution in [0.5, 0.6) is 5.75 Å². The maximum Gasteiger partial charge on any atom is 0.317 e. The number of benzene rings is 3. The highest BCUT2D eigenvalue weighted by Crippen LogP contribution is 2.29. The Morgan fingerprint density at radius 3 is 2.36 bits per heavy atom. The summed E-state index contributed by atoms with van der Waals surface area (Å²) in [4.78, 5) is 25.5. The van der Waals surface area contributed by atoms with Crippen molar-refractivity contribution in [1.82, 2.24) is 15.0 Å². The molecule has 0 bridgehead atoms. The number of nitrogens with zero attached hydrogens (tertiary/aromatic N) is 3. The van der Waals surface area contributed by atoms with E-state index in [-0.39, 0.29) is 18.5 Å². The van der Waals surface area contributed by atoms with Crippen LogP contribution in [-0.4, -0.2) is 38.4 Å². The molecule has 1 unspecified atom stereocenters. The number of rotatable bonds is 8. The van der Waals surface area contributed by atoms with E-state index < -0.39 is 11.2 Å². The molecule has 0 amide bonds. The number of hydrogen-bond donors (Lipinski definition) is 1. The lowest BCUT2D eigenvalue weighted by Gasteiger charge is -2.13. The van der Waals surface area contributed by atoms with Crippen LogP contribution in [0.2, 0.25) is 0 Å². The van der Waals surface area contributed by atoms with E-state index in [0.717, 1.165) is 16.0 Å². The zero-order valence-electron chi connectivity index (χ0n) is 18.3. The molecule has 0 saturated carbocycles. The molecule has 3 aromatic carbocycles. The predicted molar refractivity (Wildman–Crippen MR) is 129 cm³/mol. The van der Waals surface area contributed by atoms with E-state index in [4.69, 9.17) is 4.74 Å². The Balaban J connectivity index is 1.47. The molecule has 8 heteroatoms. The molecule has 7 nitrogen and oxygen atoms in total. The summed E-state index contributed by atoms with van der Waals surface area (Å²) >= 11 is 1.25. The molecule has 0 aliphatic heterocycles. The first-order chi connectivity index (χ1) is 15.9. The fraction of sp³-hybridized carbons (Fsp3) is 0.200. The van der Waals surface area contributed by atoms with Crippen LogP contribution in [0.4, 0.5) is 0 Å². The Bertz CT molecular complexity index is 1330. The summed E-state index contributed by atoms with van der Waals surface area (Å²) in [5.74, 6) is -0.390. The molecule has 0 saturated heterocycles. The van der Waals surface area contributed by atoms with Crippen LogP contribution >= 0.6 is 11.8 Å². The normalized spacial score (nSPS) is 11.9. The van der Waals surface area contributed by atoms with Gasteiger partial charge in [-0.1, -0.05) is 47.2 Å². The van der Waals surface area contributed by atoms with Crippen molar-refractivity contribution in [2.75, 3.05) is 7.11 Å². The lowest BCUT2D eigenvalue weighted by atomic mass is 10.0. The van der Waals surface area contributed by atoms with E-state index in [9.17, 15) is 14.7 Å². The maximum absolute atomic E-state index is 12.8. The topological polar surface area (TPSA) is 94.3 Å². The monoisotopic (exact) mass is 461 g/mol. The number of hydrogen-bond acceptors (Lipinski definition) is 6. The van der Waals surface area contributed by atoms with E-state index in [1.165, 1.54) is 29.1 Å². The highest BCUT2D eigenvalue weighted by atomic mass is 32.2. The maximum atomic E-state index is 12.8. The van der Waals surface area contributed by atoms with Crippen LogP contribution in [0, 0.1) is 6.92 Å². The lowest BCUT2D eigenvalue weighted by Crippen LogP contribution is -2.27. The van der Waals surface area contributed by atoms with Crippen molar-refractivity contribution in [3.63, 3.8) is 0 Å². The minimum absolute atomic E-state index is 0.143. The largest absolute Gasteiger partial charge is 0.497 e. The predicted octanol–water partition coefficient (Wildman–Crippen LogP) is 4.41. The number of carboxylic acids is 1. The van der Waals surface area contributed by atoms with Crippen molar-refractivity contribution in [2.24, 2.45) is 0 Å². The Morgan fingerprint density at radius 1 is 1.06 bits per heavy atom. The second kappa shape index (κ2) is 9.87. The van der Waals surface area contributed by atoms with E-state index in [2.05, 4.69) is 34.6 Å². The third-order valence-corrected chi connectivity index (χ3v) is 6.59. The number of carbonyl (C=O) groups is 1. The molecule has 168 valence electrons. The minimum atomic E-state index is -0.939. The molecule has 1 atom stereocenters. The van der Waals surface area contributed by atoms with E-state index in [0.29, 0.717) is 16.7 Å². The van der Waals surface area contributed by atoms with Crippen molar-refractivity contribution in [1.29, 1.82) is 0 Å². The average molecular weight is 462 g/mol. The Labute approximate surface area is 195 Å². The van der Waals surface area contributed by atoms with Gasteiger partial charge in [0.1, 0.15) is 16.5 Å². The number of fused-ring (bicyclic) bond motifs is 1. The van der Waals surface area contributed by atoms with Gasteiger partial charge in [-0.15, -0.1) is 16.9 Å². The van der Waals surface area contributed by atoms with Gasteiger partial charge in [0.2, 0.25) is 0 Å². The van der Waals surface area contributed by atoms with Crippen molar-refractivity contribution < 1.29 is 14.6 Å².